The highest BCUT2D eigenvalue weighted by atomic mass is 19.4. The van der Waals surface area contributed by atoms with Crippen molar-refractivity contribution >= 4 is 0 Å². The fourth-order valence-corrected chi connectivity index (χ4v) is 1.77. The molecule has 0 aliphatic heterocycles. The Bertz CT molecular complexity index is 348. The topological polar surface area (TPSA) is 32.3 Å². The summed E-state index contributed by atoms with van der Waals surface area (Å²) in [7, 11) is 0. The van der Waals surface area contributed by atoms with E-state index in [1.807, 2.05) is 6.92 Å². The van der Waals surface area contributed by atoms with Crippen LogP contribution in [0.4, 0.5) is 13.2 Å². The van der Waals surface area contributed by atoms with Gasteiger partial charge in [-0.2, -0.15) is 13.2 Å². The minimum absolute atomic E-state index is 0.0267. The maximum Gasteiger partial charge on any atom is 0.389 e. The van der Waals surface area contributed by atoms with Crippen molar-refractivity contribution in [3.05, 3.63) is 29.8 Å². The van der Waals surface area contributed by atoms with Crippen molar-refractivity contribution in [1.82, 2.24) is 5.32 Å². The monoisotopic (exact) mass is 261 g/mol. The molecule has 1 aromatic rings. The smallest absolute Gasteiger partial charge is 0.389 e. The van der Waals surface area contributed by atoms with Gasteiger partial charge in [0, 0.05) is 12.5 Å². The predicted octanol–water partition coefficient (Wildman–Crippen LogP) is 3.78. The molecule has 102 valence electrons. The summed E-state index contributed by atoms with van der Waals surface area (Å²) >= 11 is 0. The Kier molecular flexibility index (Phi) is 5.47. The van der Waals surface area contributed by atoms with Gasteiger partial charge in [0.15, 0.2) is 0 Å². The number of hydrogen-bond acceptors (Lipinski definition) is 2. The number of halogens is 3. The summed E-state index contributed by atoms with van der Waals surface area (Å²) in [6, 6.07) is 6.74. The summed E-state index contributed by atoms with van der Waals surface area (Å²) in [6.45, 7) is 2.30. The van der Waals surface area contributed by atoms with Gasteiger partial charge in [-0.3, -0.25) is 0 Å². The Hall–Kier alpha value is -1.23. The molecular formula is C13H18F3NO. The van der Waals surface area contributed by atoms with Gasteiger partial charge in [0.2, 0.25) is 0 Å². The number of rotatable bonds is 6. The lowest BCUT2D eigenvalue weighted by Gasteiger charge is -2.17. The van der Waals surface area contributed by atoms with E-state index in [1.54, 1.807) is 24.3 Å². The van der Waals surface area contributed by atoms with E-state index in [2.05, 4.69) is 5.32 Å². The van der Waals surface area contributed by atoms with Crippen molar-refractivity contribution < 1.29 is 18.3 Å². The molecule has 0 aliphatic rings. The lowest BCUT2D eigenvalue weighted by atomic mass is 10.0. The molecule has 0 aromatic heterocycles. The van der Waals surface area contributed by atoms with Gasteiger partial charge < -0.3 is 10.4 Å². The molecule has 2 N–H and O–H groups in total. The second kappa shape index (κ2) is 6.64. The first-order valence-corrected chi connectivity index (χ1v) is 6.01. The van der Waals surface area contributed by atoms with E-state index in [1.165, 1.54) is 0 Å². The van der Waals surface area contributed by atoms with Crippen molar-refractivity contribution in [2.24, 2.45) is 0 Å². The van der Waals surface area contributed by atoms with E-state index in [9.17, 15) is 13.2 Å². The molecule has 0 saturated heterocycles. The maximum atomic E-state index is 12.0. The zero-order valence-corrected chi connectivity index (χ0v) is 10.3. The highest BCUT2D eigenvalue weighted by Crippen LogP contribution is 2.22. The fraction of sp³-hybridized carbons (Fsp3) is 0.538. The average Bonchev–Trinajstić information content (AvgIpc) is 2.29. The first-order valence-electron chi connectivity index (χ1n) is 6.01. The van der Waals surface area contributed by atoms with Gasteiger partial charge in [-0.1, -0.05) is 19.1 Å². The molecule has 0 saturated carbocycles. The first-order chi connectivity index (χ1) is 8.42. The number of hydrogen-bond donors (Lipinski definition) is 2. The van der Waals surface area contributed by atoms with Crippen LogP contribution in [0.5, 0.6) is 5.75 Å². The first kappa shape index (κ1) is 14.8. The zero-order valence-electron chi connectivity index (χ0n) is 10.3. The van der Waals surface area contributed by atoms with E-state index in [0.717, 1.165) is 12.0 Å². The van der Waals surface area contributed by atoms with Crippen LogP contribution in [-0.4, -0.2) is 17.8 Å². The molecule has 0 aliphatic carbocycles. The van der Waals surface area contributed by atoms with E-state index < -0.39 is 12.6 Å². The summed E-state index contributed by atoms with van der Waals surface area (Å²) in [5.41, 5.74) is 0.974. The van der Waals surface area contributed by atoms with Gasteiger partial charge in [0.1, 0.15) is 5.75 Å². The fourth-order valence-electron chi connectivity index (χ4n) is 1.77. The number of nitrogens with one attached hydrogen (secondary N) is 1. The molecule has 1 atom stereocenters. The van der Waals surface area contributed by atoms with Gasteiger partial charge in [0.05, 0.1) is 0 Å². The van der Waals surface area contributed by atoms with Crippen molar-refractivity contribution in [2.75, 3.05) is 6.54 Å². The Morgan fingerprint density at radius 3 is 2.33 bits per heavy atom. The molecule has 1 unspecified atom stereocenters. The molecule has 0 heterocycles. The molecule has 2 nitrogen and oxygen atoms in total. The minimum atomic E-state index is -4.08. The molecular weight excluding hydrogens is 243 g/mol. The molecule has 18 heavy (non-hydrogen) atoms. The Labute approximate surface area is 105 Å². The Balaban J connectivity index is 2.40. The summed E-state index contributed by atoms with van der Waals surface area (Å²) in [6.07, 6.45) is -3.97. The quantitative estimate of drug-likeness (QED) is 0.764. The lowest BCUT2D eigenvalue weighted by molar-refractivity contribution is -0.135. The third-order valence-corrected chi connectivity index (χ3v) is 2.73. The Morgan fingerprint density at radius 2 is 1.83 bits per heavy atom. The SMILES string of the molecule is CCC(NCCCC(F)(F)F)c1ccc(O)cc1. The number of alkyl halides is 3. The number of phenols is 1. The van der Waals surface area contributed by atoms with Crippen LogP contribution in [0, 0.1) is 0 Å². The van der Waals surface area contributed by atoms with Crippen LogP contribution in [0.2, 0.25) is 0 Å². The second-order valence-corrected chi connectivity index (χ2v) is 4.23. The van der Waals surface area contributed by atoms with Crippen LogP contribution in [0.3, 0.4) is 0 Å². The highest BCUT2D eigenvalue weighted by Gasteiger charge is 2.26. The zero-order chi connectivity index (χ0) is 13.6. The lowest BCUT2D eigenvalue weighted by Crippen LogP contribution is -2.23. The van der Waals surface area contributed by atoms with Gasteiger partial charge in [0.25, 0.3) is 0 Å². The summed E-state index contributed by atoms with van der Waals surface area (Å²) in [4.78, 5) is 0. The van der Waals surface area contributed by atoms with Crippen molar-refractivity contribution in [2.45, 2.75) is 38.4 Å². The van der Waals surface area contributed by atoms with Gasteiger partial charge in [-0.15, -0.1) is 0 Å². The van der Waals surface area contributed by atoms with E-state index in [0.29, 0.717) is 6.54 Å². The summed E-state index contributed by atoms with van der Waals surface area (Å²) in [5.74, 6) is 0.186. The molecule has 0 fully saturated rings. The number of aromatic hydroxyl groups is 1. The van der Waals surface area contributed by atoms with Crippen LogP contribution in [-0.2, 0) is 0 Å². The number of benzene rings is 1. The molecule has 1 aromatic carbocycles. The average molecular weight is 261 g/mol. The molecule has 0 amide bonds. The maximum absolute atomic E-state index is 12.0. The molecule has 5 heteroatoms. The minimum Gasteiger partial charge on any atom is -0.508 e. The van der Waals surface area contributed by atoms with Crippen molar-refractivity contribution in [3.63, 3.8) is 0 Å². The third kappa shape index (κ3) is 5.40. The summed E-state index contributed by atoms with van der Waals surface area (Å²) in [5, 5.41) is 12.3. The normalized spacial score (nSPS) is 13.6. The van der Waals surface area contributed by atoms with Gasteiger partial charge in [-0.25, -0.2) is 0 Å². The highest BCUT2D eigenvalue weighted by molar-refractivity contribution is 5.27. The molecule has 0 radical (unpaired) electrons. The van der Waals surface area contributed by atoms with Crippen LogP contribution in [0.1, 0.15) is 37.8 Å². The second-order valence-electron chi connectivity index (χ2n) is 4.23. The van der Waals surface area contributed by atoms with E-state index in [-0.39, 0.29) is 18.2 Å². The van der Waals surface area contributed by atoms with Crippen molar-refractivity contribution in [1.29, 1.82) is 0 Å². The van der Waals surface area contributed by atoms with Crippen LogP contribution in [0.25, 0.3) is 0 Å². The largest absolute Gasteiger partial charge is 0.508 e. The molecule has 0 bridgehead atoms. The van der Waals surface area contributed by atoms with Gasteiger partial charge in [-0.05, 0) is 37.1 Å². The van der Waals surface area contributed by atoms with E-state index >= 15 is 0 Å². The van der Waals surface area contributed by atoms with Crippen LogP contribution >= 0.6 is 0 Å². The standard InChI is InChI=1S/C13H18F3NO/c1-2-12(10-4-6-11(18)7-5-10)17-9-3-8-13(14,15)16/h4-7,12,17-18H,2-3,8-9H2,1H3. The predicted molar refractivity (Wildman–Crippen MR) is 64.4 cm³/mol. The molecule has 1 rings (SSSR count). The van der Waals surface area contributed by atoms with Gasteiger partial charge >= 0.3 is 6.18 Å². The number of phenolic OH excluding ortho intramolecular Hbond substituents is 1. The summed E-state index contributed by atoms with van der Waals surface area (Å²) < 4.78 is 35.9. The van der Waals surface area contributed by atoms with Crippen molar-refractivity contribution in [3.8, 4) is 5.75 Å². The Morgan fingerprint density at radius 1 is 1.22 bits per heavy atom. The van der Waals surface area contributed by atoms with Crippen LogP contribution in [0.15, 0.2) is 24.3 Å². The van der Waals surface area contributed by atoms with E-state index in [4.69, 9.17) is 5.11 Å². The van der Waals surface area contributed by atoms with Crippen LogP contribution < -0.4 is 5.32 Å². The third-order valence-electron chi connectivity index (χ3n) is 2.73. The molecule has 0 spiro atoms.